The van der Waals surface area contributed by atoms with Crippen molar-refractivity contribution in [2.75, 3.05) is 0 Å². The quantitative estimate of drug-likeness (QED) is 0.161. The van der Waals surface area contributed by atoms with E-state index in [1.54, 1.807) is 48.5 Å². The summed E-state index contributed by atoms with van der Waals surface area (Å²) in [6.07, 6.45) is -5.99. The summed E-state index contributed by atoms with van der Waals surface area (Å²) in [5, 5.41) is 1.57. The highest BCUT2D eigenvalue weighted by atomic mass is 32.2. The maximum atomic E-state index is 14.2. The minimum Gasteiger partial charge on any atom is -0.377 e. The van der Waals surface area contributed by atoms with E-state index in [0.717, 1.165) is 29.3 Å². The maximum Gasteiger partial charge on any atom is 0.460 e. The third-order valence-corrected chi connectivity index (χ3v) is 7.19. The predicted octanol–water partition coefficient (Wildman–Crippen LogP) is 7.57. The molecular weight excluding hydrogens is 591 g/mol. The molecule has 1 heterocycles. The van der Waals surface area contributed by atoms with Crippen LogP contribution in [0, 0.1) is 11.3 Å². The first-order chi connectivity index (χ1) is 18.9. The van der Waals surface area contributed by atoms with Crippen molar-refractivity contribution in [3.05, 3.63) is 84.6 Å². The molecule has 0 aliphatic carbocycles. The molecule has 0 unspecified atom stereocenters. The first kappa shape index (κ1) is 29.7. The minimum absolute atomic E-state index is 0.0954. The number of pyridine rings is 1. The van der Waals surface area contributed by atoms with E-state index < -0.39 is 39.1 Å². The Morgan fingerprint density at radius 2 is 1.24 bits per heavy atom. The van der Waals surface area contributed by atoms with Crippen LogP contribution >= 0.6 is 0 Å². The highest BCUT2D eigenvalue weighted by molar-refractivity contribution is 7.88. The summed E-state index contributed by atoms with van der Waals surface area (Å²) in [5.41, 5.74) is 2.59. The van der Waals surface area contributed by atoms with Crippen molar-refractivity contribution in [2.45, 2.75) is 23.3 Å². The molecule has 0 fully saturated rings. The molecule has 3 aromatic carbocycles. The second-order valence-corrected chi connectivity index (χ2v) is 10.1. The molecule has 15 heteroatoms. The third-order valence-electron chi connectivity index (χ3n) is 5.90. The molecule has 0 atom stereocenters. The Morgan fingerprint density at radius 3 is 1.78 bits per heavy atom. The zero-order valence-electron chi connectivity index (χ0n) is 19.9. The largest absolute Gasteiger partial charge is 0.460 e. The van der Waals surface area contributed by atoms with Gasteiger partial charge in [0.25, 0.3) is 0 Å². The number of halogens is 9. The van der Waals surface area contributed by atoms with E-state index in [2.05, 4.69) is 9.17 Å². The molecule has 0 saturated carbocycles. The van der Waals surface area contributed by atoms with Crippen molar-refractivity contribution in [1.82, 2.24) is 4.98 Å². The smallest absolute Gasteiger partial charge is 0.377 e. The Morgan fingerprint density at radius 1 is 0.707 bits per heavy atom. The molecule has 5 nitrogen and oxygen atoms in total. The number of fused-ring (bicyclic) bond motifs is 1. The number of alkyl halides is 9. The lowest BCUT2D eigenvalue weighted by Crippen LogP contribution is -2.63. The fraction of sp³-hybridized carbons (Fsp3) is 0.154. The van der Waals surface area contributed by atoms with Gasteiger partial charge in [0.05, 0.1) is 17.1 Å². The lowest BCUT2D eigenvalue weighted by Gasteiger charge is -2.32. The molecule has 41 heavy (non-hydrogen) atoms. The number of rotatable bonds is 7. The van der Waals surface area contributed by atoms with Crippen molar-refractivity contribution < 1.29 is 52.1 Å². The van der Waals surface area contributed by atoms with Crippen LogP contribution in [-0.4, -0.2) is 36.7 Å². The zero-order valence-corrected chi connectivity index (χ0v) is 20.8. The summed E-state index contributed by atoms with van der Waals surface area (Å²) >= 11 is 0. The zero-order chi connectivity index (χ0) is 30.4. The van der Waals surface area contributed by atoms with Gasteiger partial charge in [-0.1, -0.05) is 36.4 Å². The molecule has 214 valence electrons. The van der Waals surface area contributed by atoms with Gasteiger partial charge in [0.2, 0.25) is 0 Å². The van der Waals surface area contributed by atoms with E-state index in [4.69, 9.17) is 5.26 Å². The maximum absolute atomic E-state index is 14.2. The normalized spacial score (nSPS) is 13.2. The molecule has 4 aromatic rings. The Kier molecular flexibility index (Phi) is 7.20. The molecule has 0 aliphatic rings. The van der Waals surface area contributed by atoms with Crippen LogP contribution in [0.2, 0.25) is 0 Å². The highest BCUT2D eigenvalue weighted by Gasteiger charge is 2.86. The monoisotopic (exact) mass is 604 g/mol. The molecule has 0 spiro atoms. The second kappa shape index (κ2) is 9.95. The molecular formula is C26H13F9N2O3S. The molecule has 0 aliphatic heterocycles. The van der Waals surface area contributed by atoms with Gasteiger partial charge < -0.3 is 4.18 Å². The molecule has 0 radical (unpaired) electrons. The Bertz CT molecular complexity index is 1750. The summed E-state index contributed by atoms with van der Waals surface area (Å²) in [4.78, 5) is 4.02. The third kappa shape index (κ3) is 4.92. The summed E-state index contributed by atoms with van der Waals surface area (Å²) in [5.74, 6) is -15.9. The summed E-state index contributed by atoms with van der Waals surface area (Å²) < 4.78 is 148. The average Bonchev–Trinajstić information content (AvgIpc) is 2.92. The van der Waals surface area contributed by atoms with E-state index in [9.17, 15) is 47.9 Å². The van der Waals surface area contributed by atoms with Crippen LogP contribution in [-0.2, 0) is 10.1 Å². The van der Waals surface area contributed by atoms with Gasteiger partial charge in [-0.15, -0.1) is 0 Å². The van der Waals surface area contributed by atoms with Gasteiger partial charge in [0.1, 0.15) is 0 Å². The standard InChI is InChI=1S/C26H13F9N2O3S/c27-23(28,25(31,32)33)24(29,30)26(34,35)41(38,39)40-21-12-11-19(22-20(21)2-1-13-37-22)18-9-7-17(8-10-18)16-5-3-15(14-36)4-6-16/h1-13H. The van der Waals surface area contributed by atoms with Crippen LogP contribution in [0.15, 0.2) is 79.0 Å². The van der Waals surface area contributed by atoms with Crippen molar-refractivity contribution in [3.8, 4) is 34.1 Å². The van der Waals surface area contributed by atoms with E-state index in [0.29, 0.717) is 11.1 Å². The number of nitrogens with zero attached hydrogens (tertiary/aromatic N) is 2. The number of nitriles is 1. The van der Waals surface area contributed by atoms with Gasteiger partial charge in [0.15, 0.2) is 5.75 Å². The van der Waals surface area contributed by atoms with Crippen molar-refractivity contribution >= 4 is 21.0 Å². The lowest BCUT2D eigenvalue weighted by molar-refractivity contribution is -0.382. The first-order valence-electron chi connectivity index (χ1n) is 11.1. The molecule has 1 aromatic heterocycles. The van der Waals surface area contributed by atoms with Crippen molar-refractivity contribution in [1.29, 1.82) is 5.26 Å². The van der Waals surface area contributed by atoms with Crippen LogP contribution in [0.3, 0.4) is 0 Å². The van der Waals surface area contributed by atoms with E-state index in [1.165, 1.54) is 12.3 Å². The number of aromatic nitrogens is 1. The van der Waals surface area contributed by atoms with E-state index in [1.807, 2.05) is 6.07 Å². The number of benzene rings is 3. The van der Waals surface area contributed by atoms with E-state index >= 15 is 0 Å². The van der Waals surface area contributed by atoms with Gasteiger partial charge in [-0.25, -0.2) is 0 Å². The molecule has 0 saturated heterocycles. The fourth-order valence-electron chi connectivity index (χ4n) is 3.72. The van der Waals surface area contributed by atoms with Crippen LogP contribution in [0.5, 0.6) is 5.75 Å². The van der Waals surface area contributed by atoms with Gasteiger partial charge in [-0.05, 0) is 53.1 Å². The Hall–Kier alpha value is -4.32. The van der Waals surface area contributed by atoms with Crippen LogP contribution in [0.4, 0.5) is 39.5 Å². The van der Waals surface area contributed by atoms with E-state index in [-0.39, 0.29) is 16.5 Å². The summed E-state index contributed by atoms with van der Waals surface area (Å²) in [6, 6.07) is 19.3. The van der Waals surface area contributed by atoms with Gasteiger partial charge in [-0.3, -0.25) is 4.98 Å². The fourth-order valence-corrected chi connectivity index (χ4v) is 4.65. The van der Waals surface area contributed by atoms with Crippen molar-refractivity contribution in [2.24, 2.45) is 0 Å². The Labute approximate surface area is 225 Å². The number of hydrogen-bond acceptors (Lipinski definition) is 5. The van der Waals surface area contributed by atoms with Crippen LogP contribution < -0.4 is 4.18 Å². The average molecular weight is 604 g/mol. The topological polar surface area (TPSA) is 80.0 Å². The molecule has 4 rings (SSSR count). The van der Waals surface area contributed by atoms with Gasteiger partial charge in [-0.2, -0.15) is 53.2 Å². The molecule has 0 amide bonds. The first-order valence-corrected chi connectivity index (χ1v) is 12.5. The van der Waals surface area contributed by atoms with Crippen LogP contribution in [0.25, 0.3) is 33.2 Å². The summed E-state index contributed by atoms with van der Waals surface area (Å²) in [6.45, 7) is 0. The van der Waals surface area contributed by atoms with Crippen LogP contribution in [0.1, 0.15) is 5.56 Å². The Balaban J connectivity index is 1.72. The molecule has 0 bridgehead atoms. The molecule has 0 N–H and O–H groups in total. The predicted molar refractivity (Wildman–Crippen MR) is 128 cm³/mol. The second-order valence-electron chi connectivity index (χ2n) is 8.48. The number of hydrogen-bond donors (Lipinski definition) is 0. The SMILES string of the molecule is N#Cc1ccc(-c2ccc(-c3ccc(OS(=O)(=O)C(F)(F)C(F)(F)C(F)(F)C(F)(F)F)c4cccnc34)cc2)cc1. The minimum atomic E-state index is -7.43. The highest BCUT2D eigenvalue weighted by Crippen LogP contribution is 2.55. The van der Waals surface area contributed by atoms with Crippen molar-refractivity contribution in [3.63, 3.8) is 0 Å². The summed E-state index contributed by atoms with van der Waals surface area (Å²) in [7, 11) is -7.14. The van der Waals surface area contributed by atoms with Gasteiger partial charge in [0, 0.05) is 17.1 Å². The lowest BCUT2D eigenvalue weighted by atomic mass is 9.98. The van der Waals surface area contributed by atoms with Gasteiger partial charge >= 0.3 is 33.4 Å².